The zero-order valence-electron chi connectivity index (χ0n) is 11.4. The molecule has 0 N–H and O–H groups in total. The summed E-state index contributed by atoms with van der Waals surface area (Å²) >= 11 is 0. The van der Waals surface area contributed by atoms with Crippen LogP contribution in [0.5, 0.6) is 0 Å². The molecule has 0 aromatic heterocycles. The number of esters is 2. The molecule has 4 heteroatoms. The number of rotatable bonds is 1. The fraction of sp³-hybridized carbons (Fsp3) is 0.333. The molecule has 0 bridgehead atoms. The Hall–Kier alpha value is -2.28. The summed E-state index contributed by atoms with van der Waals surface area (Å²) in [6.07, 6.45) is 0. The normalized spacial score (nSPS) is 10.1. The van der Waals surface area contributed by atoms with E-state index >= 15 is 0 Å². The molecule has 1 aromatic carbocycles. The van der Waals surface area contributed by atoms with Gasteiger partial charge in [-0.05, 0) is 39.0 Å². The highest BCUT2D eigenvalue weighted by molar-refractivity contribution is 5.91. The summed E-state index contributed by atoms with van der Waals surface area (Å²) in [4.78, 5) is 22.7. The van der Waals surface area contributed by atoms with Crippen molar-refractivity contribution in [3.05, 3.63) is 35.4 Å². The van der Waals surface area contributed by atoms with E-state index in [9.17, 15) is 9.59 Å². The number of hydrogen-bond donors (Lipinski definition) is 0. The predicted molar refractivity (Wildman–Crippen MR) is 70.5 cm³/mol. The van der Waals surface area contributed by atoms with E-state index in [1.807, 2.05) is 0 Å². The number of benzene rings is 1. The molecule has 0 saturated carbocycles. The van der Waals surface area contributed by atoms with Gasteiger partial charge in [0.25, 0.3) is 0 Å². The number of carbonyl (C=O) groups is 2. The van der Waals surface area contributed by atoms with Crippen molar-refractivity contribution < 1.29 is 19.1 Å². The van der Waals surface area contributed by atoms with E-state index in [-0.39, 0.29) is 0 Å². The van der Waals surface area contributed by atoms with E-state index < -0.39 is 17.5 Å². The van der Waals surface area contributed by atoms with Crippen molar-refractivity contribution in [2.75, 3.05) is 7.11 Å². The third kappa shape index (κ3) is 5.26. The van der Waals surface area contributed by atoms with Gasteiger partial charge in [0.15, 0.2) is 0 Å². The van der Waals surface area contributed by atoms with E-state index in [1.54, 1.807) is 45.0 Å². The lowest BCUT2D eigenvalue weighted by molar-refractivity contribution is -0.133. The lowest BCUT2D eigenvalue weighted by Gasteiger charge is -2.19. The van der Waals surface area contributed by atoms with Crippen LogP contribution in [0.25, 0.3) is 0 Å². The van der Waals surface area contributed by atoms with Crippen molar-refractivity contribution >= 4 is 11.9 Å². The maximum atomic E-state index is 11.8. The molecule has 100 valence electrons. The van der Waals surface area contributed by atoms with Gasteiger partial charge in [-0.25, -0.2) is 9.59 Å². The van der Waals surface area contributed by atoms with Gasteiger partial charge in [-0.2, -0.15) is 0 Å². The smallest absolute Gasteiger partial charge is 0.384 e. The molecule has 0 aliphatic carbocycles. The van der Waals surface area contributed by atoms with Crippen LogP contribution in [0.4, 0.5) is 0 Å². The first-order valence-corrected chi connectivity index (χ1v) is 5.75. The van der Waals surface area contributed by atoms with Crippen LogP contribution >= 0.6 is 0 Å². The average molecular weight is 260 g/mol. The van der Waals surface area contributed by atoms with Gasteiger partial charge in [0, 0.05) is 11.5 Å². The van der Waals surface area contributed by atoms with Gasteiger partial charge in [-0.3, -0.25) is 0 Å². The summed E-state index contributed by atoms with van der Waals surface area (Å²) < 4.78 is 9.66. The highest BCUT2D eigenvalue weighted by atomic mass is 16.6. The minimum absolute atomic E-state index is 0.395. The van der Waals surface area contributed by atoms with Crippen LogP contribution in [0.2, 0.25) is 0 Å². The van der Waals surface area contributed by atoms with Crippen LogP contribution in [0.1, 0.15) is 36.7 Å². The molecule has 4 nitrogen and oxygen atoms in total. The van der Waals surface area contributed by atoms with Gasteiger partial charge in [-0.1, -0.05) is 12.0 Å². The first-order valence-electron chi connectivity index (χ1n) is 5.75. The standard InChI is InChI=1S/C15H16O4/c1-15(2,3)19-14(17)12-7-5-6-11(10-12)8-9-13(16)18-4/h5-7,10H,1-4H3. The molecular formula is C15H16O4. The summed E-state index contributed by atoms with van der Waals surface area (Å²) in [6, 6.07) is 6.59. The number of hydrogen-bond acceptors (Lipinski definition) is 4. The van der Waals surface area contributed by atoms with Crippen molar-refractivity contribution in [1.82, 2.24) is 0 Å². The van der Waals surface area contributed by atoms with Crippen molar-refractivity contribution in [2.24, 2.45) is 0 Å². The van der Waals surface area contributed by atoms with Gasteiger partial charge in [0.1, 0.15) is 5.60 Å². The average Bonchev–Trinajstić information content (AvgIpc) is 2.34. The van der Waals surface area contributed by atoms with E-state index in [0.717, 1.165) is 0 Å². The van der Waals surface area contributed by atoms with Crippen LogP contribution in [-0.2, 0) is 14.3 Å². The Kier molecular flexibility index (Phi) is 4.71. The summed E-state index contributed by atoms with van der Waals surface area (Å²) in [5.74, 6) is 3.88. The molecule has 0 spiro atoms. The Bertz CT molecular complexity index is 541. The van der Waals surface area contributed by atoms with Gasteiger partial charge in [0.2, 0.25) is 0 Å². The molecule has 0 fully saturated rings. The maximum absolute atomic E-state index is 11.8. The summed E-state index contributed by atoms with van der Waals surface area (Å²) in [5.41, 5.74) is 0.394. The summed E-state index contributed by atoms with van der Waals surface area (Å²) in [7, 11) is 1.26. The third-order valence-corrected chi connectivity index (χ3v) is 1.99. The molecule has 0 unspecified atom stereocenters. The predicted octanol–water partition coefficient (Wildman–Crippen LogP) is 2.17. The maximum Gasteiger partial charge on any atom is 0.384 e. The SMILES string of the molecule is COC(=O)C#Cc1cccc(C(=O)OC(C)(C)C)c1. The molecular weight excluding hydrogens is 244 g/mol. The van der Waals surface area contributed by atoms with Gasteiger partial charge < -0.3 is 9.47 Å². The van der Waals surface area contributed by atoms with Gasteiger partial charge in [-0.15, -0.1) is 0 Å². The van der Waals surface area contributed by atoms with Gasteiger partial charge >= 0.3 is 11.9 Å². The summed E-state index contributed by atoms with van der Waals surface area (Å²) in [5, 5.41) is 0. The lowest BCUT2D eigenvalue weighted by atomic mass is 10.1. The Morgan fingerprint density at radius 3 is 2.47 bits per heavy atom. The summed E-state index contributed by atoms with van der Waals surface area (Å²) in [6.45, 7) is 5.39. The fourth-order valence-corrected chi connectivity index (χ4v) is 1.24. The van der Waals surface area contributed by atoms with Crippen LogP contribution in [0.15, 0.2) is 24.3 Å². The van der Waals surface area contributed by atoms with Crippen LogP contribution in [-0.4, -0.2) is 24.6 Å². The van der Waals surface area contributed by atoms with Crippen molar-refractivity contribution in [3.8, 4) is 11.8 Å². The monoisotopic (exact) mass is 260 g/mol. The lowest BCUT2D eigenvalue weighted by Crippen LogP contribution is -2.23. The van der Waals surface area contributed by atoms with Crippen LogP contribution in [0, 0.1) is 11.8 Å². The van der Waals surface area contributed by atoms with Crippen molar-refractivity contribution in [3.63, 3.8) is 0 Å². The van der Waals surface area contributed by atoms with E-state index in [2.05, 4.69) is 16.6 Å². The molecule has 0 amide bonds. The Morgan fingerprint density at radius 1 is 1.21 bits per heavy atom. The van der Waals surface area contributed by atoms with Gasteiger partial charge in [0.05, 0.1) is 12.7 Å². The fourth-order valence-electron chi connectivity index (χ4n) is 1.24. The van der Waals surface area contributed by atoms with E-state index in [0.29, 0.717) is 11.1 Å². The quantitative estimate of drug-likeness (QED) is 0.573. The highest BCUT2D eigenvalue weighted by Gasteiger charge is 2.17. The first kappa shape index (κ1) is 14.8. The minimum atomic E-state index is -0.623. The number of methoxy groups -OCH3 is 1. The second-order valence-corrected chi connectivity index (χ2v) is 4.82. The van der Waals surface area contributed by atoms with E-state index in [4.69, 9.17) is 4.74 Å². The molecule has 19 heavy (non-hydrogen) atoms. The molecule has 0 aliphatic heterocycles. The van der Waals surface area contributed by atoms with Crippen molar-refractivity contribution in [1.29, 1.82) is 0 Å². The zero-order valence-corrected chi connectivity index (χ0v) is 11.4. The number of ether oxygens (including phenoxy) is 2. The Balaban J connectivity index is 2.91. The van der Waals surface area contributed by atoms with Crippen LogP contribution in [0.3, 0.4) is 0 Å². The molecule has 0 atom stereocenters. The largest absolute Gasteiger partial charge is 0.459 e. The second-order valence-electron chi connectivity index (χ2n) is 4.82. The number of carbonyl (C=O) groups excluding carboxylic acids is 2. The highest BCUT2D eigenvalue weighted by Crippen LogP contribution is 2.13. The first-order chi connectivity index (χ1) is 8.81. The molecule has 1 rings (SSSR count). The van der Waals surface area contributed by atoms with Crippen LogP contribution < -0.4 is 0 Å². The zero-order chi connectivity index (χ0) is 14.5. The molecule has 1 aromatic rings. The second kappa shape index (κ2) is 6.05. The molecule has 0 radical (unpaired) electrons. The van der Waals surface area contributed by atoms with Crippen molar-refractivity contribution in [2.45, 2.75) is 26.4 Å². The Morgan fingerprint density at radius 2 is 1.89 bits per heavy atom. The molecule has 0 heterocycles. The molecule has 0 aliphatic rings. The Labute approximate surface area is 112 Å². The third-order valence-electron chi connectivity index (χ3n) is 1.99. The minimum Gasteiger partial charge on any atom is -0.459 e. The van der Waals surface area contributed by atoms with E-state index in [1.165, 1.54) is 7.11 Å². The topological polar surface area (TPSA) is 52.6 Å². The molecule has 0 saturated heterocycles.